The van der Waals surface area contributed by atoms with E-state index in [1.54, 1.807) is 11.8 Å². The van der Waals surface area contributed by atoms with Crippen LogP contribution in [-0.4, -0.2) is 42.0 Å². The number of piperidine rings is 1. The van der Waals surface area contributed by atoms with Crippen LogP contribution in [0.3, 0.4) is 0 Å². The van der Waals surface area contributed by atoms with Gasteiger partial charge in [-0.1, -0.05) is 60.7 Å². The maximum Gasteiger partial charge on any atom is 0.410 e. The van der Waals surface area contributed by atoms with E-state index in [4.69, 9.17) is 14.2 Å². The molecule has 2 atom stereocenters. The smallest absolute Gasteiger partial charge is 0.410 e. The Labute approximate surface area is 226 Å². The summed E-state index contributed by atoms with van der Waals surface area (Å²) in [4.78, 5) is 14.4. The van der Waals surface area contributed by atoms with Gasteiger partial charge in [0.2, 0.25) is 0 Å². The molecule has 4 rings (SSSR count). The average Bonchev–Trinajstić information content (AvgIpc) is 2.95. The SMILES string of the molecule is CCOC(=O)N1CCC(O)CC1c1ccc(OCCCCCc2ccccc2)cc1OCc1ccccc1. The Kier molecular flexibility index (Phi) is 10.5. The highest BCUT2D eigenvalue weighted by molar-refractivity contribution is 5.69. The van der Waals surface area contributed by atoms with E-state index in [1.807, 2.05) is 54.6 Å². The third-order valence-electron chi connectivity index (χ3n) is 6.88. The molecule has 6 heteroatoms. The van der Waals surface area contributed by atoms with E-state index in [-0.39, 0.29) is 12.1 Å². The first-order valence-electron chi connectivity index (χ1n) is 13.7. The molecule has 0 aliphatic carbocycles. The molecule has 0 spiro atoms. The van der Waals surface area contributed by atoms with Gasteiger partial charge in [0.1, 0.15) is 18.1 Å². The first kappa shape index (κ1) is 27.5. The fourth-order valence-electron chi connectivity index (χ4n) is 4.85. The average molecular weight is 518 g/mol. The van der Waals surface area contributed by atoms with E-state index in [0.717, 1.165) is 42.6 Å². The van der Waals surface area contributed by atoms with Crippen molar-refractivity contribution in [2.24, 2.45) is 0 Å². The standard InChI is InChI=1S/C32H39NO5/c1-2-36-32(35)33-20-19-27(34)22-30(33)29-18-17-28(23-31(29)38-24-26-15-8-4-9-16-26)37-21-11-5-10-14-25-12-6-3-7-13-25/h3-4,6-9,12-13,15-18,23,27,30,34H,2,5,10-11,14,19-22,24H2,1H3. The molecule has 1 N–H and O–H groups in total. The van der Waals surface area contributed by atoms with Crippen molar-refractivity contribution >= 4 is 6.09 Å². The summed E-state index contributed by atoms with van der Waals surface area (Å²) in [6.07, 6.45) is 4.39. The highest BCUT2D eigenvalue weighted by atomic mass is 16.6. The van der Waals surface area contributed by atoms with Gasteiger partial charge in [0.05, 0.1) is 25.4 Å². The van der Waals surface area contributed by atoms with Gasteiger partial charge in [-0.25, -0.2) is 4.79 Å². The molecule has 1 saturated heterocycles. The van der Waals surface area contributed by atoms with Crippen LogP contribution in [0.4, 0.5) is 4.79 Å². The summed E-state index contributed by atoms with van der Waals surface area (Å²) in [6, 6.07) is 26.0. The van der Waals surface area contributed by atoms with Gasteiger partial charge >= 0.3 is 6.09 Å². The quantitative estimate of drug-likeness (QED) is 0.270. The van der Waals surface area contributed by atoms with E-state index in [9.17, 15) is 9.90 Å². The van der Waals surface area contributed by atoms with E-state index >= 15 is 0 Å². The molecule has 2 unspecified atom stereocenters. The number of hydrogen-bond acceptors (Lipinski definition) is 5. The Hall–Kier alpha value is -3.51. The van der Waals surface area contributed by atoms with Crippen LogP contribution in [0.2, 0.25) is 0 Å². The molecule has 38 heavy (non-hydrogen) atoms. The van der Waals surface area contributed by atoms with Gasteiger partial charge < -0.3 is 24.2 Å². The number of hydrogen-bond donors (Lipinski definition) is 1. The molecular formula is C32H39NO5. The molecule has 0 aromatic heterocycles. The summed E-state index contributed by atoms with van der Waals surface area (Å²) in [5.74, 6) is 1.39. The largest absolute Gasteiger partial charge is 0.493 e. The predicted octanol–water partition coefficient (Wildman–Crippen LogP) is 6.71. The lowest BCUT2D eigenvalue weighted by Crippen LogP contribution is -2.43. The van der Waals surface area contributed by atoms with E-state index < -0.39 is 6.10 Å². The lowest BCUT2D eigenvalue weighted by Gasteiger charge is -2.38. The van der Waals surface area contributed by atoms with E-state index in [1.165, 1.54) is 5.56 Å². The van der Waals surface area contributed by atoms with Crippen LogP contribution in [-0.2, 0) is 17.8 Å². The molecule has 3 aromatic rings. The number of aryl methyl sites for hydroxylation is 1. The number of nitrogens with zero attached hydrogens (tertiary/aromatic N) is 1. The summed E-state index contributed by atoms with van der Waals surface area (Å²) < 4.78 is 17.7. The Morgan fingerprint density at radius 3 is 2.39 bits per heavy atom. The minimum atomic E-state index is -0.487. The second-order valence-corrected chi connectivity index (χ2v) is 9.70. The van der Waals surface area contributed by atoms with Crippen molar-refractivity contribution in [1.29, 1.82) is 0 Å². The molecular weight excluding hydrogens is 478 g/mol. The van der Waals surface area contributed by atoms with Crippen LogP contribution < -0.4 is 9.47 Å². The minimum absolute atomic E-state index is 0.306. The lowest BCUT2D eigenvalue weighted by molar-refractivity contribution is 0.0293. The molecule has 0 bridgehead atoms. The van der Waals surface area contributed by atoms with Crippen LogP contribution in [0.5, 0.6) is 11.5 Å². The predicted molar refractivity (Wildman–Crippen MR) is 148 cm³/mol. The number of amides is 1. The van der Waals surface area contributed by atoms with Crippen LogP contribution in [0, 0.1) is 0 Å². The summed E-state index contributed by atoms with van der Waals surface area (Å²) in [6.45, 7) is 3.56. The molecule has 1 aliphatic rings. The molecule has 1 heterocycles. The maximum atomic E-state index is 12.7. The van der Waals surface area contributed by atoms with Crippen molar-refractivity contribution in [3.63, 3.8) is 0 Å². The number of benzene rings is 3. The van der Waals surface area contributed by atoms with Crippen LogP contribution in [0.25, 0.3) is 0 Å². The molecule has 0 saturated carbocycles. The summed E-state index contributed by atoms with van der Waals surface area (Å²) >= 11 is 0. The van der Waals surface area contributed by atoms with Gasteiger partial charge in [0.15, 0.2) is 0 Å². The zero-order valence-electron chi connectivity index (χ0n) is 22.3. The molecule has 1 amide bonds. The van der Waals surface area contributed by atoms with Crippen molar-refractivity contribution in [2.75, 3.05) is 19.8 Å². The third kappa shape index (κ3) is 7.99. The van der Waals surface area contributed by atoms with Crippen molar-refractivity contribution in [1.82, 2.24) is 4.90 Å². The Bertz CT molecular complexity index is 1120. The Morgan fingerprint density at radius 2 is 1.66 bits per heavy atom. The summed E-state index contributed by atoms with van der Waals surface area (Å²) in [5.41, 5.74) is 3.27. The monoisotopic (exact) mass is 517 g/mol. The van der Waals surface area contributed by atoms with E-state index in [2.05, 4.69) is 24.3 Å². The van der Waals surface area contributed by atoms with Crippen LogP contribution in [0.1, 0.15) is 61.8 Å². The van der Waals surface area contributed by atoms with Gasteiger partial charge in [-0.15, -0.1) is 0 Å². The van der Waals surface area contributed by atoms with Gasteiger partial charge in [-0.2, -0.15) is 0 Å². The highest BCUT2D eigenvalue weighted by Gasteiger charge is 2.34. The summed E-state index contributed by atoms with van der Waals surface area (Å²) in [7, 11) is 0. The van der Waals surface area contributed by atoms with Gasteiger partial charge in [0, 0.05) is 18.2 Å². The number of aliphatic hydroxyl groups is 1. The zero-order chi connectivity index (χ0) is 26.6. The zero-order valence-corrected chi connectivity index (χ0v) is 22.3. The normalized spacial score (nSPS) is 17.2. The number of rotatable bonds is 12. The van der Waals surface area contributed by atoms with Crippen molar-refractivity contribution < 1.29 is 24.1 Å². The molecule has 0 radical (unpaired) electrons. The molecule has 1 aliphatic heterocycles. The number of unbranched alkanes of at least 4 members (excludes halogenated alkanes) is 2. The Balaban J connectivity index is 1.43. The van der Waals surface area contributed by atoms with Gasteiger partial charge in [0.25, 0.3) is 0 Å². The minimum Gasteiger partial charge on any atom is -0.493 e. The fraction of sp³-hybridized carbons (Fsp3) is 0.406. The molecule has 202 valence electrons. The van der Waals surface area contributed by atoms with Gasteiger partial charge in [-0.05, 0) is 68.7 Å². The Morgan fingerprint density at radius 1 is 0.921 bits per heavy atom. The van der Waals surface area contributed by atoms with Crippen LogP contribution >= 0.6 is 0 Å². The topological polar surface area (TPSA) is 68.2 Å². The number of ether oxygens (including phenoxy) is 3. The van der Waals surface area contributed by atoms with E-state index in [0.29, 0.717) is 45.0 Å². The highest BCUT2D eigenvalue weighted by Crippen LogP contribution is 2.39. The number of aliphatic hydroxyl groups excluding tert-OH is 1. The molecule has 6 nitrogen and oxygen atoms in total. The van der Waals surface area contributed by atoms with Crippen molar-refractivity contribution in [2.45, 2.75) is 64.2 Å². The second-order valence-electron chi connectivity index (χ2n) is 9.70. The van der Waals surface area contributed by atoms with Crippen molar-refractivity contribution in [3.8, 4) is 11.5 Å². The van der Waals surface area contributed by atoms with Crippen LogP contribution in [0.15, 0.2) is 78.9 Å². The molecule has 1 fully saturated rings. The third-order valence-corrected chi connectivity index (χ3v) is 6.88. The lowest BCUT2D eigenvalue weighted by atomic mass is 9.93. The van der Waals surface area contributed by atoms with Crippen molar-refractivity contribution in [3.05, 3.63) is 95.6 Å². The van der Waals surface area contributed by atoms with Gasteiger partial charge in [-0.3, -0.25) is 0 Å². The first-order valence-corrected chi connectivity index (χ1v) is 13.7. The number of likely N-dealkylation sites (tertiary alicyclic amines) is 1. The number of carbonyl (C=O) groups is 1. The fourth-order valence-corrected chi connectivity index (χ4v) is 4.85. The number of carbonyl (C=O) groups excluding carboxylic acids is 1. The first-order chi connectivity index (χ1) is 18.6. The summed E-state index contributed by atoms with van der Waals surface area (Å²) in [5, 5.41) is 10.4. The second kappa shape index (κ2) is 14.4. The molecule has 3 aromatic carbocycles. The maximum absolute atomic E-state index is 12.7.